The second-order valence-electron chi connectivity index (χ2n) is 6.00. The molecule has 2 aliphatic rings. The van der Waals surface area contributed by atoms with Gasteiger partial charge in [0.25, 0.3) is 0 Å². The van der Waals surface area contributed by atoms with Crippen molar-refractivity contribution in [2.45, 2.75) is 63.3 Å². The molecule has 1 aliphatic carbocycles. The number of piperidine rings is 1. The van der Waals surface area contributed by atoms with Crippen molar-refractivity contribution in [1.82, 2.24) is 15.1 Å². The van der Waals surface area contributed by atoms with Crippen molar-refractivity contribution < 1.29 is 0 Å². The summed E-state index contributed by atoms with van der Waals surface area (Å²) in [6, 6.07) is 0.675. The van der Waals surface area contributed by atoms with E-state index in [4.69, 9.17) is 0 Å². The van der Waals surface area contributed by atoms with Crippen LogP contribution in [0.25, 0.3) is 0 Å². The molecule has 0 spiro atoms. The fourth-order valence-corrected chi connectivity index (χ4v) is 3.64. The maximum absolute atomic E-state index is 4.52. The third kappa shape index (κ3) is 2.46. The van der Waals surface area contributed by atoms with Crippen LogP contribution >= 0.6 is 0 Å². The van der Waals surface area contributed by atoms with Crippen LogP contribution in [-0.2, 0) is 13.5 Å². The maximum atomic E-state index is 4.52. The van der Waals surface area contributed by atoms with Gasteiger partial charge >= 0.3 is 0 Å². The molecular formula is C15H25N3. The molecule has 3 heteroatoms. The van der Waals surface area contributed by atoms with Gasteiger partial charge in [-0.1, -0.05) is 19.3 Å². The van der Waals surface area contributed by atoms with Gasteiger partial charge in [0.05, 0.1) is 6.20 Å². The largest absolute Gasteiger partial charge is 0.314 e. The molecule has 1 saturated heterocycles. The van der Waals surface area contributed by atoms with Crippen molar-refractivity contribution in [2.24, 2.45) is 7.05 Å². The molecule has 2 heterocycles. The molecule has 1 unspecified atom stereocenters. The second kappa shape index (κ2) is 5.43. The Morgan fingerprint density at radius 1 is 1.22 bits per heavy atom. The molecule has 3 nitrogen and oxygen atoms in total. The fourth-order valence-electron chi connectivity index (χ4n) is 3.64. The SMILES string of the molecule is Cn1ncc(C2CCCC2)c1CC1CCCCN1. The van der Waals surface area contributed by atoms with Crippen LogP contribution in [0.15, 0.2) is 6.20 Å². The first-order valence-corrected chi connectivity index (χ1v) is 7.59. The molecule has 1 atom stereocenters. The van der Waals surface area contributed by atoms with Gasteiger partial charge in [0.2, 0.25) is 0 Å². The molecule has 18 heavy (non-hydrogen) atoms. The lowest BCUT2D eigenvalue weighted by Gasteiger charge is -2.24. The highest BCUT2D eigenvalue weighted by molar-refractivity contribution is 5.24. The Morgan fingerprint density at radius 2 is 2.00 bits per heavy atom. The molecule has 0 aromatic carbocycles. The summed E-state index contributed by atoms with van der Waals surface area (Å²) in [5.74, 6) is 0.789. The Kier molecular flexibility index (Phi) is 3.69. The second-order valence-corrected chi connectivity index (χ2v) is 6.00. The number of hydrogen-bond acceptors (Lipinski definition) is 2. The minimum absolute atomic E-state index is 0.675. The Labute approximate surface area is 110 Å². The molecule has 1 saturated carbocycles. The van der Waals surface area contributed by atoms with Crippen LogP contribution in [0.4, 0.5) is 0 Å². The Bertz CT molecular complexity index is 384. The van der Waals surface area contributed by atoms with Crippen LogP contribution in [-0.4, -0.2) is 22.4 Å². The summed E-state index contributed by atoms with van der Waals surface area (Å²) < 4.78 is 2.12. The molecule has 100 valence electrons. The Hall–Kier alpha value is -0.830. The van der Waals surface area contributed by atoms with Crippen molar-refractivity contribution in [3.05, 3.63) is 17.5 Å². The zero-order chi connectivity index (χ0) is 12.4. The van der Waals surface area contributed by atoms with Gasteiger partial charge < -0.3 is 5.32 Å². The van der Waals surface area contributed by atoms with E-state index in [1.54, 1.807) is 5.56 Å². The van der Waals surface area contributed by atoms with Gasteiger partial charge in [-0.25, -0.2) is 0 Å². The first-order valence-electron chi connectivity index (χ1n) is 7.59. The summed E-state index contributed by atoms with van der Waals surface area (Å²) in [5, 5.41) is 8.18. The van der Waals surface area contributed by atoms with Gasteiger partial charge in [-0.2, -0.15) is 5.10 Å². The highest BCUT2D eigenvalue weighted by atomic mass is 15.3. The zero-order valence-electron chi connectivity index (χ0n) is 11.5. The van der Waals surface area contributed by atoms with Crippen molar-refractivity contribution in [1.29, 1.82) is 0 Å². The summed E-state index contributed by atoms with van der Waals surface area (Å²) >= 11 is 0. The lowest BCUT2D eigenvalue weighted by molar-refractivity contribution is 0.391. The average molecular weight is 247 g/mol. The standard InChI is InChI=1S/C15H25N3/c1-18-15(10-13-8-4-5-9-16-13)14(11-17-18)12-6-2-3-7-12/h11-13,16H,2-10H2,1H3. The Morgan fingerprint density at radius 3 is 2.72 bits per heavy atom. The highest BCUT2D eigenvalue weighted by Gasteiger charge is 2.24. The number of nitrogens with one attached hydrogen (secondary N) is 1. The first-order chi connectivity index (χ1) is 8.84. The third-order valence-corrected chi connectivity index (χ3v) is 4.74. The van der Waals surface area contributed by atoms with Gasteiger partial charge in [-0.05, 0) is 43.7 Å². The van der Waals surface area contributed by atoms with E-state index in [1.807, 2.05) is 0 Å². The van der Waals surface area contributed by atoms with E-state index in [-0.39, 0.29) is 0 Å². The summed E-state index contributed by atoms with van der Waals surface area (Å²) in [6.45, 7) is 1.20. The van der Waals surface area contributed by atoms with E-state index in [1.165, 1.54) is 63.6 Å². The monoisotopic (exact) mass is 247 g/mol. The minimum atomic E-state index is 0.675. The normalized spacial score (nSPS) is 25.7. The summed E-state index contributed by atoms with van der Waals surface area (Å²) in [4.78, 5) is 0. The number of rotatable bonds is 3. The topological polar surface area (TPSA) is 29.9 Å². The van der Waals surface area contributed by atoms with Gasteiger partial charge in [-0.15, -0.1) is 0 Å². The molecule has 3 rings (SSSR count). The minimum Gasteiger partial charge on any atom is -0.314 e. The maximum Gasteiger partial charge on any atom is 0.0527 e. The van der Waals surface area contributed by atoms with Crippen LogP contribution in [0.2, 0.25) is 0 Å². The summed E-state index contributed by atoms with van der Waals surface area (Å²) in [6.07, 6.45) is 12.9. The predicted octanol–water partition coefficient (Wildman–Crippen LogP) is 2.76. The zero-order valence-corrected chi connectivity index (χ0v) is 11.5. The molecule has 0 radical (unpaired) electrons. The highest BCUT2D eigenvalue weighted by Crippen LogP contribution is 2.36. The third-order valence-electron chi connectivity index (χ3n) is 4.74. The van der Waals surface area contributed by atoms with E-state index in [0.29, 0.717) is 6.04 Å². The number of aryl methyl sites for hydroxylation is 1. The van der Waals surface area contributed by atoms with Crippen molar-refractivity contribution in [3.8, 4) is 0 Å². The van der Waals surface area contributed by atoms with Crippen molar-refractivity contribution in [3.63, 3.8) is 0 Å². The fraction of sp³-hybridized carbons (Fsp3) is 0.800. The molecule has 1 aromatic heterocycles. The predicted molar refractivity (Wildman–Crippen MR) is 73.8 cm³/mol. The number of aromatic nitrogens is 2. The van der Waals surface area contributed by atoms with E-state index < -0.39 is 0 Å². The molecule has 1 aromatic rings. The molecule has 2 fully saturated rings. The lowest BCUT2D eigenvalue weighted by Crippen LogP contribution is -2.36. The van der Waals surface area contributed by atoms with E-state index >= 15 is 0 Å². The molecule has 1 aliphatic heterocycles. The molecule has 1 N–H and O–H groups in total. The molecule has 0 bridgehead atoms. The number of hydrogen-bond donors (Lipinski definition) is 1. The number of nitrogens with zero attached hydrogens (tertiary/aromatic N) is 2. The van der Waals surface area contributed by atoms with Gasteiger partial charge in [0, 0.05) is 25.2 Å². The van der Waals surface area contributed by atoms with Crippen molar-refractivity contribution >= 4 is 0 Å². The molecule has 0 amide bonds. The lowest BCUT2D eigenvalue weighted by atomic mass is 9.93. The van der Waals surface area contributed by atoms with Crippen LogP contribution < -0.4 is 5.32 Å². The van der Waals surface area contributed by atoms with Crippen LogP contribution in [0, 0.1) is 0 Å². The quantitative estimate of drug-likeness (QED) is 0.890. The van der Waals surface area contributed by atoms with Gasteiger partial charge in [-0.3, -0.25) is 4.68 Å². The van der Waals surface area contributed by atoms with E-state index in [2.05, 4.69) is 28.3 Å². The molecular weight excluding hydrogens is 222 g/mol. The van der Waals surface area contributed by atoms with Crippen LogP contribution in [0.5, 0.6) is 0 Å². The summed E-state index contributed by atoms with van der Waals surface area (Å²) in [7, 11) is 2.11. The van der Waals surface area contributed by atoms with E-state index in [0.717, 1.165) is 5.92 Å². The first kappa shape index (κ1) is 12.2. The van der Waals surface area contributed by atoms with Crippen LogP contribution in [0.3, 0.4) is 0 Å². The van der Waals surface area contributed by atoms with Gasteiger partial charge in [0.15, 0.2) is 0 Å². The summed E-state index contributed by atoms with van der Waals surface area (Å²) in [5.41, 5.74) is 3.03. The van der Waals surface area contributed by atoms with Crippen molar-refractivity contribution in [2.75, 3.05) is 6.54 Å². The smallest absolute Gasteiger partial charge is 0.0527 e. The average Bonchev–Trinajstić information content (AvgIpc) is 3.02. The Balaban J connectivity index is 1.74. The van der Waals surface area contributed by atoms with E-state index in [9.17, 15) is 0 Å². The van der Waals surface area contributed by atoms with Gasteiger partial charge in [0.1, 0.15) is 0 Å². The van der Waals surface area contributed by atoms with Crippen LogP contribution in [0.1, 0.15) is 62.1 Å².